The number of aromatic nitrogens is 1. The third-order valence-corrected chi connectivity index (χ3v) is 4.76. The van der Waals surface area contributed by atoms with Crippen molar-refractivity contribution < 1.29 is 14.3 Å². The van der Waals surface area contributed by atoms with Gasteiger partial charge >= 0.3 is 5.97 Å². The van der Waals surface area contributed by atoms with Crippen LogP contribution in [-0.4, -0.2) is 62.3 Å². The summed E-state index contributed by atoms with van der Waals surface area (Å²) < 4.78 is 11.4. The number of ether oxygens (including phenoxy) is 2. The Morgan fingerprint density at radius 3 is 2.59 bits per heavy atom. The molecule has 0 spiro atoms. The lowest BCUT2D eigenvalue weighted by Gasteiger charge is -2.29. The lowest BCUT2D eigenvalue weighted by molar-refractivity contribution is 0.0476. The molecule has 27 heavy (non-hydrogen) atoms. The largest absolute Gasteiger partial charge is 0.490 e. The number of benzene rings is 1. The van der Waals surface area contributed by atoms with Gasteiger partial charge in [-0.2, -0.15) is 0 Å². The maximum Gasteiger partial charge on any atom is 0.354 e. The first-order valence-corrected chi connectivity index (χ1v) is 9.84. The van der Waals surface area contributed by atoms with E-state index in [-0.39, 0.29) is 12.1 Å². The van der Waals surface area contributed by atoms with E-state index in [4.69, 9.17) is 9.47 Å². The lowest BCUT2D eigenvalue weighted by Crippen LogP contribution is -2.29. The first-order chi connectivity index (χ1) is 12.9. The molecule has 3 rings (SSSR count). The van der Waals surface area contributed by atoms with Gasteiger partial charge in [0.25, 0.3) is 0 Å². The van der Waals surface area contributed by atoms with Crippen LogP contribution in [0.5, 0.6) is 5.75 Å². The Bertz CT molecular complexity index is 776. The third-order valence-electron chi connectivity index (χ3n) is 4.76. The second-order valence-electron chi connectivity index (χ2n) is 7.74. The fourth-order valence-corrected chi connectivity index (χ4v) is 3.38. The Morgan fingerprint density at radius 2 is 1.93 bits per heavy atom. The quantitative estimate of drug-likeness (QED) is 0.751. The zero-order valence-electron chi connectivity index (χ0n) is 16.9. The van der Waals surface area contributed by atoms with Crippen molar-refractivity contribution in [2.45, 2.75) is 39.2 Å². The number of carbonyl (C=O) groups excluding carboxylic acids is 1. The number of anilines is 1. The number of fused-ring (bicyclic) bond motifs is 1. The topological polar surface area (TPSA) is 57.8 Å². The molecule has 0 radical (unpaired) electrons. The summed E-state index contributed by atoms with van der Waals surface area (Å²) in [6, 6.07) is 6.05. The smallest absolute Gasteiger partial charge is 0.354 e. The SMILES string of the molecule is CC(C)Oc1cc(N2CCCCC2)cc2[nH]c(C(=O)OCCN(C)C)cc12. The van der Waals surface area contributed by atoms with E-state index in [1.165, 1.54) is 19.3 Å². The van der Waals surface area contributed by atoms with Gasteiger partial charge in [0, 0.05) is 36.8 Å². The van der Waals surface area contributed by atoms with E-state index in [0.29, 0.717) is 18.8 Å². The van der Waals surface area contributed by atoms with Crippen LogP contribution >= 0.6 is 0 Å². The van der Waals surface area contributed by atoms with Gasteiger partial charge < -0.3 is 24.3 Å². The molecule has 0 amide bonds. The van der Waals surface area contributed by atoms with Gasteiger partial charge in [-0.3, -0.25) is 0 Å². The van der Waals surface area contributed by atoms with Gasteiger partial charge in [0.2, 0.25) is 0 Å². The molecule has 0 unspecified atom stereocenters. The van der Waals surface area contributed by atoms with Crippen molar-refractivity contribution in [2.24, 2.45) is 0 Å². The van der Waals surface area contributed by atoms with E-state index < -0.39 is 0 Å². The highest BCUT2D eigenvalue weighted by Crippen LogP contribution is 2.34. The van der Waals surface area contributed by atoms with Gasteiger partial charge in [0.1, 0.15) is 18.1 Å². The number of hydrogen-bond acceptors (Lipinski definition) is 5. The van der Waals surface area contributed by atoms with E-state index in [2.05, 4.69) is 22.0 Å². The first-order valence-electron chi connectivity index (χ1n) is 9.84. The monoisotopic (exact) mass is 373 g/mol. The van der Waals surface area contributed by atoms with E-state index in [1.54, 1.807) is 0 Å². The summed E-state index contributed by atoms with van der Waals surface area (Å²) in [5, 5.41) is 0.920. The molecule has 0 atom stereocenters. The number of likely N-dealkylation sites (N-methyl/N-ethyl adjacent to an activating group) is 1. The predicted octanol–water partition coefficient (Wildman–Crippen LogP) is 3.66. The van der Waals surface area contributed by atoms with Crippen LogP contribution < -0.4 is 9.64 Å². The average molecular weight is 373 g/mol. The van der Waals surface area contributed by atoms with E-state index in [9.17, 15) is 4.79 Å². The Morgan fingerprint density at radius 1 is 1.19 bits per heavy atom. The normalized spacial score (nSPS) is 15.0. The Balaban J connectivity index is 1.89. The molecule has 1 aliphatic rings. The summed E-state index contributed by atoms with van der Waals surface area (Å²) in [6.07, 6.45) is 3.79. The van der Waals surface area contributed by atoms with Crippen LogP contribution in [0.1, 0.15) is 43.6 Å². The fourth-order valence-electron chi connectivity index (χ4n) is 3.38. The highest BCUT2D eigenvalue weighted by Gasteiger charge is 2.18. The van der Waals surface area contributed by atoms with Crippen molar-refractivity contribution in [1.82, 2.24) is 9.88 Å². The molecule has 1 fully saturated rings. The molecule has 1 saturated heterocycles. The number of nitrogens with zero attached hydrogens (tertiary/aromatic N) is 2. The van der Waals surface area contributed by atoms with Crippen molar-refractivity contribution >= 4 is 22.6 Å². The summed E-state index contributed by atoms with van der Waals surface area (Å²) in [5.41, 5.74) is 2.52. The number of aromatic amines is 1. The maximum absolute atomic E-state index is 12.4. The summed E-state index contributed by atoms with van der Waals surface area (Å²) in [4.78, 5) is 20.0. The van der Waals surface area contributed by atoms with Crippen LogP contribution in [0.3, 0.4) is 0 Å². The number of H-pyrrole nitrogens is 1. The molecule has 0 saturated carbocycles. The highest BCUT2D eigenvalue weighted by atomic mass is 16.5. The van der Waals surface area contributed by atoms with E-state index in [0.717, 1.165) is 35.4 Å². The van der Waals surface area contributed by atoms with Crippen molar-refractivity contribution in [3.63, 3.8) is 0 Å². The van der Waals surface area contributed by atoms with Crippen LogP contribution in [0.4, 0.5) is 5.69 Å². The molecule has 1 N–H and O–H groups in total. The van der Waals surface area contributed by atoms with Gasteiger partial charge in [-0.05, 0) is 59.3 Å². The molecule has 148 valence electrons. The van der Waals surface area contributed by atoms with Crippen molar-refractivity contribution in [3.8, 4) is 5.75 Å². The van der Waals surface area contributed by atoms with Gasteiger partial charge in [-0.1, -0.05) is 0 Å². The highest BCUT2D eigenvalue weighted by molar-refractivity contribution is 5.98. The Hall–Kier alpha value is -2.21. The lowest BCUT2D eigenvalue weighted by atomic mass is 10.1. The van der Waals surface area contributed by atoms with Crippen LogP contribution in [0.15, 0.2) is 18.2 Å². The van der Waals surface area contributed by atoms with E-state index in [1.807, 2.05) is 38.9 Å². The van der Waals surface area contributed by atoms with Crippen molar-refractivity contribution in [3.05, 3.63) is 23.9 Å². The molecule has 0 bridgehead atoms. The number of piperidine rings is 1. The van der Waals surface area contributed by atoms with Crippen LogP contribution in [0.25, 0.3) is 10.9 Å². The number of carbonyl (C=O) groups is 1. The summed E-state index contributed by atoms with van der Waals surface area (Å²) in [5.74, 6) is 0.481. The first kappa shape index (κ1) is 19.5. The van der Waals surface area contributed by atoms with Crippen LogP contribution in [-0.2, 0) is 4.74 Å². The minimum Gasteiger partial charge on any atom is -0.490 e. The number of nitrogens with one attached hydrogen (secondary N) is 1. The Labute approximate surface area is 161 Å². The summed E-state index contributed by atoms with van der Waals surface area (Å²) >= 11 is 0. The second kappa shape index (κ2) is 8.65. The molecular weight excluding hydrogens is 342 g/mol. The Kier molecular flexibility index (Phi) is 6.26. The third kappa shape index (κ3) is 4.95. The van der Waals surface area contributed by atoms with Crippen molar-refractivity contribution in [2.75, 3.05) is 45.2 Å². The molecule has 1 aromatic carbocycles. The zero-order valence-corrected chi connectivity index (χ0v) is 16.9. The molecule has 6 nitrogen and oxygen atoms in total. The molecule has 1 aromatic heterocycles. The second-order valence-corrected chi connectivity index (χ2v) is 7.74. The van der Waals surface area contributed by atoms with Gasteiger partial charge in [0.15, 0.2) is 0 Å². The molecule has 6 heteroatoms. The summed E-state index contributed by atoms with van der Waals surface area (Å²) in [6.45, 7) is 7.23. The van der Waals surface area contributed by atoms with Gasteiger partial charge in [-0.15, -0.1) is 0 Å². The fraction of sp³-hybridized carbons (Fsp3) is 0.571. The number of esters is 1. The zero-order chi connectivity index (χ0) is 19.4. The van der Waals surface area contributed by atoms with E-state index >= 15 is 0 Å². The van der Waals surface area contributed by atoms with Crippen LogP contribution in [0, 0.1) is 0 Å². The molecule has 2 heterocycles. The minimum absolute atomic E-state index is 0.0650. The molecular formula is C21H31N3O3. The number of hydrogen-bond donors (Lipinski definition) is 1. The van der Waals surface area contributed by atoms with Crippen molar-refractivity contribution in [1.29, 1.82) is 0 Å². The maximum atomic E-state index is 12.4. The standard InChI is InChI=1S/C21H31N3O3/c1-15(2)27-20-13-16(24-8-6-5-7-9-24)12-18-17(20)14-19(22-18)21(25)26-11-10-23(3)4/h12-15,22H,5-11H2,1-4H3. The minimum atomic E-state index is -0.330. The van der Waals surface area contributed by atoms with Crippen LogP contribution in [0.2, 0.25) is 0 Å². The summed E-state index contributed by atoms with van der Waals surface area (Å²) in [7, 11) is 3.91. The molecule has 2 aromatic rings. The predicted molar refractivity (Wildman–Crippen MR) is 109 cm³/mol. The van der Waals surface area contributed by atoms with Gasteiger partial charge in [-0.25, -0.2) is 4.79 Å². The molecule has 1 aliphatic heterocycles. The van der Waals surface area contributed by atoms with Gasteiger partial charge in [0.05, 0.1) is 11.6 Å². The number of rotatable bonds is 7. The average Bonchev–Trinajstić information content (AvgIpc) is 3.06. The molecule has 0 aliphatic carbocycles.